The predicted octanol–water partition coefficient (Wildman–Crippen LogP) is 2.15. The zero-order chi connectivity index (χ0) is 9.90. The summed E-state index contributed by atoms with van der Waals surface area (Å²) in [6, 6.07) is 0. The molecule has 1 aromatic heterocycles. The van der Waals surface area contributed by atoms with Gasteiger partial charge in [-0.15, -0.1) is 0 Å². The number of hydrogen-bond donors (Lipinski definition) is 1. The monoisotopic (exact) mass is 246 g/mol. The van der Waals surface area contributed by atoms with Crippen molar-refractivity contribution in [2.75, 3.05) is 6.61 Å². The lowest BCUT2D eigenvalue weighted by Crippen LogP contribution is -2.36. The predicted molar refractivity (Wildman–Crippen MR) is 55.6 cm³/mol. The first-order valence-corrected chi connectivity index (χ1v) is 5.29. The Balaban J connectivity index is 3.00. The lowest BCUT2D eigenvalue weighted by atomic mass is 9.94. The van der Waals surface area contributed by atoms with Crippen LogP contribution < -0.4 is 0 Å². The van der Waals surface area contributed by atoms with Crippen molar-refractivity contribution in [1.82, 2.24) is 9.78 Å². The second kappa shape index (κ2) is 4.24. The third-order valence-corrected chi connectivity index (χ3v) is 3.06. The van der Waals surface area contributed by atoms with Crippen LogP contribution in [0.5, 0.6) is 0 Å². The van der Waals surface area contributed by atoms with Gasteiger partial charge in [0.2, 0.25) is 0 Å². The molecular weight excluding hydrogens is 232 g/mol. The molecule has 0 aliphatic carbocycles. The van der Waals surface area contributed by atoms with Crippen molar-refractivity contribution in [2.45, 2.75) is 32.2 Å². The second-order valence-corrected chi connectivity index (χ2v) is 4.11. The quantitative estimate of drug-likeness (QED) is 0.885. The maximum atomic E-state index is 9.36. The highest BCUT2D eigenvalue weighted by Gasteiger charge is 2.27. The summed E-state index contributed by atoms with van der Waals surface area (Å²) in [5.41, 5.74) is -0.230. The van der Waals surface area contributed by atoms with Crippen LogP contribution in [-0.4, -0.2) is 21.5 Å². The van der Waals surface area contributed by atoms with Crippen LogP contribution in [0.1, 0.15) is 26.7 Å². The minimum Gasteiger partial charge on any atom is -0.394 e. The number of nitrogens with zero attached hydrogens (tertiary/aromatic N) is 2. The molecule has 74 valence electrons. The summed E-state index contributed by atoms with van der Waals surface area (Å²) in [4.78, 5) is 0. The number of rotatable bonds is 4. The minimum absolute atomic E-state index is 0.133. The van der Waals surface area contributed by atoms with Gasteiger partial charge in [0.05, 0.1) is 22.8 Å². The van der Waals surface area contributed by atoms with E-state index in [0.29, 0.717) is 0 Å². The van der Waals surface area contributed by atoms with E-state index in [2.05, 4.69) is 34.9 Å². The molecule has 0 aliphatic rings. The van der Waals surface area contributed by atoms with Gasteiger partial charge in [-0.1, -0.05) is 13.8 Å². The molecule has 0 bridgehead atoms. The van der Waals surface area contributed by atoms with Crippen LogP contribution in [0.25, 0.3) is 0 Å². The molecule has 0 amide bonds. The summed E-state index contributed by atoms with van der Waals surface area (Å²) >= 11 is 3.35. The van der Waals surface area contributed by atoms with Crippen molar-refractivity contribution < 1.29 is 5.11 Å². The van der Waals surface area contributed by atoms with Gasteiger partial charge in [-0.25, -0.2) is 0 Å². The minimum atomic E-state index is -0.230. The first-order chi connectivity index (χ1) is 6.18. The molecule has 0 radical (unpaired) electrons. The van der Waals surface area contributed by atoms with E-state index in [0.717, 1.165) is 17.3 Å². The van der Waals surface area contributed by atoms with E-state index in [1.807, 2.05) is 10.9 Å². The molecule has 0 fully saturated rings. The summed E-state index contributed by atoms with van der Waals surface area (Å²) in [6.07, 6.45) is 5.42. The topological polar surface area (TPSA) is 38.0 Å². The fourth-order valence-corrected chi connectivity index (χ4v) is 1.72. The van der Waals surface area contributed by atoms with Crippen LogP contribution in [0.3, 0.4) is 0 Å². The Kier molecular flexibility index (Phi) is 3.50. The van der Waals surface area contributed by atoms with Crippen molar-refractivity contribution in [3.05, 3.63) is 16.9 Å². The molecular formula is C9H15BrN2O. The van der Waals surface area contributed by atoms with Crippen molar-refractivity contribution in [2.24, 2.45) is 0 Å². The zero-order valence-electron chi connectivity index (χ0n) is 8.00. The van der Waals surface area contributed by atoms with Gasteiger partial charge < -0.3 is 5.11 Å². The lowest BCUT2D eigenvalue weighted by Gasteiger charge is -2.29. The third-order valence-electron chi connectivity index (χ3n) is 2.65. The summed E-state index contributed by atoms with van der Waals surface area (Å²) in [6.45, 7) is 4.26. The van der Waals surface area contributed by atoms with Crippen LogP contribution in [0.15, 0.2) is 16.9 Å². The molecule has 0 aliphatic heterocycles. The molecule has 0 saturated heterocycles. The molecule has 3 nitrogen and oxygen atoms in total. The van der Waals surface area contributed by atoms with E-state index in [1.165, 1.54) is 0 Å². The fourth-order valence-electron chi connectivity index (χ4n) is 1.43. The molecule has 1 N–H and O–H groups in total. The molecule has 4 heteroatoms. The van der Waals surface area contributed by atoms with Crippen molar-refractivity contribution >= 4 is 15.9 Å². The maximum absolute atomic E-state index is 9.36. The number of aromatic nitrogens is 2. The number of hydrogen-bond acceptors (Lipinski definition) is 2. The standard InChI is InChI=1S/C9H15BrN2O/c1-3-9(4-2,7-13)12-6-8(10)5-11-12/h5-6,13H,3-4,7H2,1-2H3. The highest BCUT2D eigenvalue weighted by molar-refractivity contribution is 9.10. The third kappa shape index (κ3) is 1.94. The van der Waals surface area contributed by atoms with Gasteiger partial charge in [-0.2, -0.15) is 5.10 Å². The normalized spacial score (nSPS) is 12.0. The van der Waals surface area contributed by atoms with Crippen LogP contribution in [0.2, 0.25) is 0 Å². The van der Waals surface area contributed by atoms with Crippen molar-refractivity contribution in [3.8, 4) is 0 Å². The number of aliphatic hydroxyl groups is 1. The van der Waals surface area contributed by atoms with Crippen LogP contribution >= 0.6 is 15.9 Å². The molecule has 0 saturated carbocycles. The first-order valence-electron chi connectivity index (χ1n) is 4.50. The largest absolute Gasteiger partial charge is 0.394 e. The van der Waals surface area contributed by atoms with Crippen LogP contribution in [0.4, 0.5) is 0 Å². The average Bonchev–Trinajstić information content (AvgIpc) is 2.57. The van der Waals surface area contributed by atoms with Gasteiger partial charge in [0, 0.05) is 6.20 Å². The smallest absolute Gasteiger partial charge is 0.0852 e. The Morgan fingerprint density at radius 3 is 2.46 bits per heavy atom. The Morgan fingerprint density at radius 2 is 2.15 bits per heavy atom. The Bertz CT molecular complexity index is 260. The van der Waals surface area contributed by atoms with E-state index in [4.69, 9.17) is 0 Å². The summed E-state index contributed by atoms with van der Waals surface area (Å²) in [5, 5.41) is 13.6. The van der Waals surface area contributed by atoms with Crippen LogP contribution in [0, 0.1) is 0 Å². The van der Waals surface area contributed by atoms with E-state index < -0.39 is 0 Å². The van der Waals surface area contributed by atoms with E-state index in [-0.39, 0.29) is 12.1 Å². The Labute approximate surface area is 86.9 Å². The average molecular weight is 247 g/mol. The zero-order valence-corrected chi connectivity index (χ0v) is 9.58. The Morgan fingerprint density at radius 1 is 1.54 bits per heavy atom. The van der Waals surface area contributed by atoms with E-state index >= 15 is 0 Å². The fraction of sp³-hybridized carbons (Fsp3) is 0.667. The molecule has 1 aromatic rings. The summed E-state index contributed by atoms with van der Waals surface area (Å²) < 4.78 is 2.80. The van der Waals surface area contributed by atoms with Crippen LogP contribution in [-0.2, 0) is 5.54 Å². The van der Waals surface area contributed by atoms with Gasteiger partial charge in [-0.3, -0.25) is 4.68 Å². The Hall–Kier alpha value is -0.350. The molecule has 0 aromatic carbocycles. The molecule has 1 heterocycles. The highest BCUT2D eigenvalue weighted by atomic mass is 79.9. The van der Waals surface area contributed by atoms with E-state index in [9.17, 15) is 5.11 Å². The second-order valence-electron chi connectivity index (χ2n) is 3.19. The van der Waals surface area contributed by atoms with Crippen molar-refractivity contribution in [3.63, 3.8) is 0 Å². The highest BCUT2D eigenvalue weighted by Crippen LogP contribution is 2.25. The maximum Gasteiger partial charge on any atom is 0.0852 e. The number of halogens is 1. The summed E-state index contributed by atoms with van der Waals surface area (Å²) in [7, 11) is 0. The number of aliphatic hydroxyl groups excluding tert-OH is 1. The van der Waals surface area contributed by atoms with Gasteiger partial charge in [0.15, 0.2) is 0 Å². The SMILES string of the molecule is CCC(CC)(CO)n1cc(Br)cn1. The molecule has 0 atom stereocenters. The van der Waals surface area contributed by atoms with Gasteiger partial charge in [0.1, 0.15) is 0 Å². The first kappa shape index (κ1) is 10.7. The van der Waals surface area contributed by atoms with Gasteiger partial charge >= 0.3 is 0 Å². The van der Waals surface area contributed by atoms with E-state index in [1.54, 1.807) is 6.20 Å². The molecule has 1 rings (SSSR count). The molecule has 13 heavy (non-hydrogen) atoms. The summed E-state index contributed by atoms with van der Waals surface area (Å²) in [5.74, 6) is 0. The van der Waals surface area contributed by atoms with Crippen molar-refractivity contribution in [1.29, 1.82) is 0 Å². The molecule has 0 spiro atoms. The lowest BCUT2D eigenvalue weighted by molar-refractivity contribution is 0.109. The van der Waals surface area contributed by atoms with Gasteiger partial charge in [-0.05, 0) is 28.8 Å². The molecule has 0 unspecified atom stereocenters. The van der Waals surface area contributed by atoms with Gasteiger partial charge in [0.25, 0.3) is 0 Å².